The number of carbonyl (C=O) groups excluding carboxylic acids is 2. The maximum atomic E-state index is 12.4. The van der Waals surface area contributed by atoms with Gasteiger partial charge in [-0.05, 0) is 19.3 Å². The Bertz CT molecular complexity index is 325. The molecule has 1 saturated heterocycles. The quantitative estimate of drug-likeness (QED) is 0.788. The smallest absolute Gasteiger partial charge is 0.245 e. The highest BCUT2D eigenvalue weighted by molar-refractivity contribution is 5.97. The largest absolute Gasteiger partial charge is 0.383 e. The minimum Gasteiger partial charge on any atom is -0.383 e. The van der Waals surface area contributed by atoms with Crippen LogP contribution in [0, 0.1) is 5.92 Å². The van der Waals surface area contributed by atoms with E-state index in [0.29, 0.717) is 6.61 Å². The van der Waals surface area contributed by atoms with E-state index < -0.39 is 12.1 Å². The lowest BCUT2D eigenvalue weighted by molar-refractivity contribution is -0.155. The van der Waals surface area contributed by atoms with Gasteiger partial charge in [0, 0.05) is 7.11 Å². The average Bonchev–Trinajstić information content (AvgIpc) is 2.32. The fraction of sp³-hybridized carbons (Fsp3) is 0.857. The van der Waals surface area contributed by atoms with Gasteiger partial charge in [-0.1, -0.05) is 27.2 Å². The van der Waals surface area contributed by atoms with Gasteiger partial charge in [-0.3, -0.25) is 9.59 Å². The molecular formula is C14H26N2O3. The molecule has 1 N–H and O–H groups in total. The minimum atomic E-state index is -0.446. The van der Waals surface area contributed by atoms with E-state index in [1.54, 1.807) is 18.9 Å². The van der Waals surface area contributed by atoms with Crippen LogP contribution in [0.4, 0.5) is 0 Å². The third-order valence-electron chi connectivity index (χ3n) is 3.56. The van der Waals surface area contributed by atoms with Crippen LogP contribution in [0.5, 0.6) is 0 Å². The highest BCUT2D eigenvalue weighted by Crippen LogP contribution is 2.22. The fourth-order valence-corrected chi connectivity index (χ4v) is 2.71. The second kappa shape index (κ2) is 6.89. The first kappa shape index (κ1) is 16.0. The maximum absolute atomic E-state index is 12.4. The summed E-state index contributed by atoms with van der Waals surface area (Å²) in [5.41, 5.74) is 0. The van der Waals surface area contributed by atoms with E-state index in [-0.39, 0.29) is 23.8 Å². The molecule has 0 bridgehead atoms. The molecule has 0 saturated carbocycles. The molecule has 3 atom stereocenters. The molecule has 110 valence electrons. The summed E-state index contributed by atoms with van der Waals surface area (Å²) in [4.78, 5) is 26.4. The van der Waals surface area contributed by atoms with Crippen LogP contribution in [-0.4, -0.2) is 48.6 Å². The topological polar surface area (TPSA) is 58.6 Å². The van der Waals surface area contributed by atoms with E-state index in [4.69, 9.17) is 4.74 Å². The van der Waals surface area contributed by atoms with E-state index in [0.717, 1.165) is 12.8 Å². The highest BCUT2D eigenvalue weighted by atomic mass is 16.5. The normalized spacial score (nSPS) is 25.7. The van der Waals surface area contributed by atoms with Crippen LogP contribution < -0.4 is 5.32 Å². The van der Waals surface area contributed by atoms with Crippen LogP contribution >= 0.6 is 0 Å². The summed E-state index contributed by atoms with van der Waals surface area (Å²) in [7, 11) is 1.63. The average molecular weight is 270 g/mol. The second-order valence-corrected chi connectivity index (χ2v) is 5.56. The molecule has 5 heteroatoms. The van der Waals surface area contributed by atoms with Crippen LogP contribution in [0.1, 0.15) is 40.5 Å². The molecule has 0 aromatic rings. The molecule has 3 unspecified atom stereocenters. The van der Waals surface area contributed by atoms with Gasteiger partial charge in [0.25, 0.3) is 0 Å². The Morgan fingerprint density at radius 1 is 1.37 bits per heavy atom. The number of carbonyl (C=O) groups is 2. The van der Waals surface area contributed by atoms with Crippen molar-refractivity contribution in [2.24, 2.45) is 5.92 Å². The van der Waals surface area contributed by atoms with Crippen LogP contribution in [0.15, 0.2) is 0 Å². The van der Waals surface area contributed by atoms with Gasteiger partial charge in [-0.2, -0.15) is 0 Å². The Hall–Kier alpha value is -1.10. The number of ether oxygens (including phenoxy) is 1. The van der Waals surface area contributed by atoms with Gasteiger partial charge in [0.1, 0.15) is 12.1 Å². The molecule has 1 aliphatic heterocycles. The van der Waals surface area contributed by atoms with Gasteiger partial charge >= 0.3 is 0 Å². The third kappa shape index (κ3) is 3.47. The van der Waals surface area contributed by atoms with Crippen LogP contribution in [-0.2, 0) is 14.3 Å². The highest BCUT2D eigenvalue weighted by Gasteiger charge is 2.43. The van der Waals surface area contributed by atoms with E-state index in [1.807, 2.05) is 13.8 Å². The van der Waals surface area contributed by atoms with Crippen molar-refractivity contribution in [3.63, 3.8) is 0 Å². The van der Waals surface area contributed by atoms with E-state index in [2.05, 4.69) is 12.2 Å². The summed E-state index contributed by atoms with van der Waals surface area (Å²) in [6.45, 7) is 8.22. The maximum Gasteiger partial charge on any atom is 0.245 e. The van der Waals surface area contributed by atoms with E-state index in [1.165, 1.54) is 0 Å². The zero-order chi connectivity index (χ0) is 14.6. The molecule has 1 heterocycles. The second-order valence-electron chi connectivity index (χ2n) is 5.56. The number of methoxy groups -OCH3 is 1. The molecule has 1 fully saturated rings. The Morgan fingerprint density at radius 3 is 2.47 bits per heavy atom. The molecule has 5 nitrogen and oxygen atoms in total. The molecule has 0 aromatic heterocycles. The molecule has 0 aromatic carbocycles. The van der Waals surface area contributed by atoms with Crippen molar-refractivity contribution in [1.82, 2.24) is 10.2 Å². The molecule has 0 radical (unpaired) electrons. The number of rotatable bonds is 6. The predicted octanol–water partition coefficient (Wildman–Crippen LogP) is 1.17. The number of hydrogen-bond acceptors (Lipinski definition) is 3. The predicted molar refractivity (Wildman–Crippen MR) is 73.6 cm³/mol. The van der Waals surface area contributed by atoms with Crippen molar-refractivity contribution in [1.29, 1.82) is 0 Å². The standard InChI is InChI=1S/C14H26N2O3/c1-6-7-11(8-19-5)16-12(9(2)3)13(17)15-10(4)14(16)18/h9-12H,6-8H2,1-5H3,(H,15,17). The summed E-state index contributed by atoms with van der Waals surface area (Å²) in [6.07, 6.45) is 1.81. The summed E-state index contributed by atoms with van der Waals surface area (Å²) < 4.78 is 5.23. The van der Waals surface area contributed by atoms with Gasteiger partial charge in [-0.25, -0.2) is 0 Å². The number of hydrogen-bond donors (Lipinski definition) is 1. The zero-order valence-electron chi connectivity index (χ0n) is 12.6. The lowest BCUT2D eigenvalue weighted by Gasteiger charge is -2.44. The van der Waals surface area contributed by atoms with Gasteiger partial charge in [0.2, 0.25) is 11.8 Å². The van der Waals surface area contributed by atoms with Crippen molar-refractivity contribution in [2.75, 3.05) is 13.7 Å². The lowest BCUT2D eigenvalue weighted by Crippen LogP contribution is -2.67. The van der Waals surface area contributed by atoms with Crippen molar-refractivity contribution in [2.45, 2.75) is 58.7 Å². The summed E-state index contributed by atoms with van der Waals surface area (Å²) in [5.74, 6) is 0.0285. The Kier molecular flexibility index (Phi) is 5.79. The van der Waals surface area contributed by atoms with Crippen molar-refractivity contribution < 1.29 is 14.3 Å². The molecule has 2 amide bonds. The lowest BCUT2D eigenvalue weighted by atomic mass is 9.94. The molecule has 1 rings (SSSR count). The summed E-state index contributed by atoms with van der Waals surface area (Å²) >= 11 is 0. The van der Waals surface area contributed by atoms with Crippen molar-refractivity contribution in [3.8, 4) is 0 Å². The SMILES string of the molecule is CCCC(COC)N1C(=O)C(C)NC(=O)C1C(C)C. The number of nitrogens with one attached hydrogen (secondary N) is 1. The first-order valence-corrected chi connectivity index (χ1v) is 7.05. The molecule has 0 spiro atoms. The Balaban J connectivity index is 3.04. The molecule has 19 heavy (non-hydrogen) atoms. The van der Waals surface area contributed by atoms with Gasteiger partial charge in [-0.15, -0.1) is 0 Å². The van der Waals surface area contributed by atoms with Gasteiger partial charge < -0.3 is 15.0 Å². The monoisotopic (exact) mass is 270 g/mol. The number of nitrogens with zero attached hydrogens (tertiary/aromatic N) is 1. The summed E-state index contributed by atoms with van der Waals surface area (Å²) in [6, 6.07) is -0.863. The van der Waals surface area contributed by atoms with Crippen LogP contribution in [0.3, 0.4) is 0 Å². The third-order valence-corrected chi connectivity index (χ3v) is 3.56. The Labute approximate surface area is 115 Å². The van der Waals surface area contributed by atoms with Crippen molar-refractivity contribution in [3.05, 3.63) is 0 Å². The number of piperazine rings is 1. The van der Waals surface area contributed by atoms with E-state index in [9.17, 15) is 9.59 Å². The fourth-order valence-electron chi connectivity index (χ4n) is 2.71. The van der Waals surface area contributed by atoms with E-state index >= 15 is 0 Å². The first-order valence-electron chi connectivity index (χ1n) is 7.05. The van der Waals surface area contributed by atoms with Crippen LogP contribution in [0.25, 0.3) is 0 Å². The molecule has 0 aliphatic carbocycles. The number of amides is 2. The summed E-state index contributed by atoms with van der Waals surface area (Å²) in [5, 5.41) is 2.76. The van der Waals surface area contributed by atoms with Gasteiger partial charge in [0.15, 0.2) is 0 Å². The van der Waals surface area contributed by atoms with Crippen LogP contribution in [0.2, 0.25) is 0 Å². The minimum absolute atomic E-state index is 0.00574. The molecular weight excluding hydrogens is 244 g/mol. The zero-order valence-corrected chi connectivity index (χ0v) is 12.6. The molecule has 1 aliphatic rings. The first-order chi connectivity index (χ1) is 8.93. The van der Waals surface area contributed by atoms with Gasteiger partial charge in [0.05, 0.1) is 12.6 Å². The Morgan fingerprint density at radius 2 is 2.00 bits per heavy atom. The van der Waals surface area contributed by atoms with Crippen molar-refractivity contribution >= 4 is 11.8 Å².